The Hall–Kier alpha value is -3.41. The third-order valence-corrected chi connectivity index (χ3v) is 12.5. The maximum absolute atomic E-state index is 4.68. The van der Waals surface area contributed by atoms with Crippen LogP contribution >= 0.6 is 11.3 Å². The van der Waals surface area contributed by atoms with Gasteiger partial charge in [0.15, 0.2) is 0 Å². The van der Waals surface area contributed by atoms with Crippen molar-refractivity contribution < 1.29 is 20.1 Å². The van der Waals surface area contributed by atoms with Crippen molar-refractivity contribution in [1.82, 2.24) is 9.97 Å². The van der Waals surface area contributed by atoms with Crippen molar-refractivity contribution in [3.8, 4) is 33.6 Å². The van der Waals surface area contributed by atoms with Crippen LogP contribution in [0.5, 0.6) is 0 Å². The van der Waals surface area contributed by atoms with Crippen molar-refractivity contribution in [3.63, 3.8) is 0 Å². The molecule has 0 spiro atoms. The zero-order valence-corrected chi connectivity index (χ0v) is 29.1. The number of hydrogen-bond acceptors (Lipinski definition) is 3. The van der Waals surface area contributed by atoms with Gasteiger partial charge in [-0.25, -0.2) is 0 Å². The first kappa shape index (κ1) is 30.1. The van der Waals surface area contributed by atoms with Gasteiger partial charge in [0.1, 0.15) is 0 Å². The van der Waals surface area contributed by atoms with Crippen LogP contribution in [0, 0.1) is 12.1 Å². The third kappa shape index (κ3) is 6.63. The standard InChI is InChI=1S/C23H14NS.C14H16GeN.Ir/c1-3-8-16(9-4-1)18-12-7-13-19-20-15-24-21(14-22(20)25-23(18)19)17-10-5-2-6-11-17;1-15(2,3)13-9-10-14(16-11-13)12-7-5-4-6-8-12;/h1-10,12-15H;4-7,9-11H,1-3H3;/q2*-1;. The second-order valence-electron chi connectivity index (χ2n) is 11.0. The number of nitrogens with zero attached hydrogens (tertiary/aromatic N) is 2. The second-order valence-corrected chi connectivity index (χ2v) is 22.7. The molecule has 4 aromatic carbocycles. The van der Waals surface area contributed by atoms with Crippen LogP contribution in [-0.2, 0) is 20.1 Å². The monoisotopic (exact) mass is 801 g/mol. The number of pyridine rings is 2. The van der Waals surface area contributed by atoms with E-state index < -0.39 is 13.3 Å². The molecule has 7 rings (SSSR count). The van der Waals surface area contributed by atoms with Gasteiger partial charge in [-0.15, -0.1) is 47.2 Å². The van der Waals surface area contributed by atoms with Crippen LogP contribution < -0.4 is 4.40 Å². The van der Waals surface area contributed by atoms with Crippen molar-refractivity contribution in [2.45, 2.75) is 17.3 Å². The Morgan fingerprint density at radius 3 is 1.90 bits per heavy atom. The van der Waals surface area contributed by atoms with Crippen LogP contribution in [0.2, 0.25) is 17.3 Å². The fourth-order valence-electron chi connectivity index (χ4n) is 4.79. The molecule has 0 aliphatic carbocycles. The van der Waals surface area contributed by atoms with Crippen molar-refractivity contribution in [2.75, 3.05) is 0 Å². The van der Waals surface area contributed by atoms with E-state index in [-0.39, 0.29) is 20.1 Å². The Morgan fingerprint density at radius 1 is 0.619 bits per heavy atom. The Bertz CT molecular complexity index is 1900. The molecule has 0 bridgehead atoms. The van der Waals surface area contributed by atoms with Crippen molar-refractivity contribution >= 4 is 49.2 Å². The summed E-state index contributed by atoms with van der Waals surface area (Å²) >= 11 is 0.122. The van der Waals surface area contributed by atoms with E-state index in [0.717, 1.165) is 22.5 Å². The first-order valence-corrected chi connectivity index (χ1v) is 21.9. The SMILES string of the molecule is [CH3][Ge]([CH3])([CH3])[c]1ccc(-c2[c-]cccc2)nc1.[Ir].[c-]1ccccc1-c1cc2sc3c(-c4ccccc4)cccc3c2cn1. The van der Waals surface area contributed by atoms with E-state index in [1.807, 2.05) is 66.2 Å². The summed E-state index contributed by atoms with van der Waals surface area (Å²) < 4.78 is 4.03. The summed E-state index contributed by atoms with van der Waals surface area (Å²) in [6, 6.07) is 46.0. The summed E-state index contributed by atoms with van der Waals surface area (Å²) in [5.41, 5.74) is 6.62. The van der Waals surface area contributed by atoms with Gasteiger partial charge < -0.3 is 4.98 Å². The molecule has 0 atom stereocenters. The fraction of sp³-hybridized carbons (Fsp3) is 0.0811. The molecule has 0 saturated heterocycles. The second kappa shape index (κ2) is 13.3. The van der Waals surface area contributed by atoms with E-state index >= 15 is 0 Å². The summed E-state index contributed by atoms with van der Waals surface area (Å²) in [7, 11) is 0. The third-order valence-electron chi connectivity index (χ3n) is 7.07. The first-order valence-electron chi connectivity index (χ1n) is 13.7. The van der Waals surface area contributed by atoms with Crippen LogP contribution in [0.15, 0.2) is 128 Å². The average Bonchev–Trinajstić information content (AvgIpc) is 3.40. The average molecular weight is 800 g/mol. The number of thiophene rings is 1. The van der Waals surface area contributed by atoms with Crippen LogP contribution in [0.3, 0.4) is 0 Å². The summed E-state index contributed by atoms with van der Waals surface area (Å²) in [6.45, 7) is 0. The first-order chi connectivity index (χ1) is 20.0. The van der Waals surface area contributed by atoms with Gasteiger partial charge in [0.05, 0.1) is 0 Å². The predicted octanol–water partition coefficient (Wildman–Crippen LogP) is 9.68. The smallest absolute Gasteiger partial charge is 0.0434 e. The Balaban J connectivity index is 0.000000181. The molecule has 5 heteroatoms. The van der Waals surface area contributed by atoms with Gasteiger partial charge in [-0.3, -0.25) is 0 Å². The van der Waals surface area contributed by atoms with Gasteiger partial charge in [-0.2, -0.15) is 0 Å². The maximum Gasteiger partial charge on any atom is 0.0434 e. The van der Waals surface area contributed by atoms with Gasteiger partial charge in [0.25, 0.3) is 0 Å². The number of benzene rings is 4. The van der Waals surface area contributed by atoms with Gasteiger partial charge in [0, 0.05) is 46.5 Å². The topological polar surface area (TPSA) is 25.8 Å². The molecule has 0 fully saturated rings. The molecule has 7 aromatic rings. The molecule has 0 N–H and O–H groups in total. The molecular formula is C37H30GeIrN2S-2. The number of hydrogen-bond donors (Lipinski definition) is 0. The summed E-state index contributed by atoms with van der Waals surface area (Å²) in [5.74, 6) is 7.14. The van der Waals surface area contributed by atoms with Crippen molar-refractivity contribution in [3.05, 3.63) is 140 Å². The maximum atomic E-state index is 4.68. The predicted molar refractivity (Wildman–Crippen MR) is 178 cm³/mol. The number of fused-ring (bicyclic) bond motifs is 3. The van der Waals surface area contributed by atoms with Crippen molar-refractivity contribution in [1.29, 1.82) is 0 Å². The van der Waals surface area contributed by atoms with Crippen molar-refractivity contribution in [2.24, 2.45) is 0 Å². The molecular weight excluding hydrogens is 769 g/mol. The summed E-state index contributed by atoms with van der Waals surface area (Å²) in [5, 5.41) is 2.50. The van der Waals surface area contributed by atoms with Crippen LogP contribution in [0.1, 0.15) is 0 Å². The Labute approximate surface area is 268 Å². The molecule has 3 heterocycles. The Kier molecular flexibility index (Phi) is 9.50. The quantitative estimate of drug-likeness (QED) is 0.131. The van der Waals surface area contributed by atoms with E-state index in [2.05, 4.69) is 112 Å². The molecule has 0 aliphatic rings. The van der Waals surface area contributed by atoms with Gasteiger partial charge in [-0.05, 0) is 16.8 Å². The van der Waals surface area contributed by atoms with E-state index in [1.54, 1.807) is 0 Å². The van der Waals surface area contributed by atoms with Crippen LogP contribution in [0.4, 0.5) is 0 Å². The summed E-state index contributed by atoms with van der Waals surface area (Å²) in [6.07, 6.45) is 4.04. The minimum absolute atomic E-state index is 0. The molecule has 2 nitrogen and oxygen atoms in total. The fourth-order valence-corrected chi connectivity index (χ4v) is 8.21. The van der Waals surface area contributed by atoms with Gasteiger partial charge in [0.2, 0.25) is 0 Å². The molecule has 42 heavy (non-hydrogen) atoms. The number of aromatic nitrogens is 2. The zero-order valence-electron chi connectivity index (χ0n) is 23.8. The molecule has 209 valence electrons. The molecule has 0 unspecified atom stereocenters. The Morgan fingerprint density at radius 2 is 1.29 bits per heavy atom. The molecule has 0 aliphatic heterocycles. The van der Waals surface area contributed by atoms with Gasteiger partial charge in [-0.1, -0.05) is 54.6 Å². The van der Waals surface area contributed by atoms with E-state index in [0.29, 0.717) is 0 Å². The van der Waals surface area contributed by atoms with E-state index in [1.165, 1.54) is 35.7 Å². The molecule has 0 amide bonds. The van der Waals surface area contributed by atoms with E-state index in [4.69, 9.17) is 0 Å². The molecule has 0 saturated carbocycles. The van der Waals surface area contributed by atoms with Crippen LogP contribution in [-0.4, -0.2) is 23.2 Å². The molecule has 1 radical (unpaired) electrons. The minimum atomic E-state index is -1.72. The largest absolute Gasteiger partial charge is 0.304 e. The van der Waals surface area contributed by atoms with E-state index in [9.17, 15) is 0 Å². The number of rotatable bonds is 4. The summed E-state index contributed by atoms with van der Waals surface area (Å²) in [4.78, 5) is 9.21. The van der Waals surface area contributed by atoms with Gasteiger partial charge >= 0.3 is 99.8 Å². The normalized spacial score (nSPS) is 11.0. The molecule has 3 aromatic heterocycles. The minimum Gasteiger partial charge on any atom is -0.304 e. The van der Waals surface area contributed by atoms with Crippen LogP contribution in [0.25, 0.3) is 53.8 Å². The zero-order chi connectivity index (χ0) is 28.2.